The average molecular weight is 211 g/mol. The molecule has 0 aliphatic carbocycles. The van der Waals surface area contributed by atoms with Crippen LogP contribution in [0.5, 0.6) is 0 Å². The van der Waals surface area contributed by atoms with E-state index in [-0.39, 0.29) is 0 Å². The van der Waals surface area contributed by atoms with Gasteiger partial charge in [-0.15, -0.1) is 0 Å². The molecule has 0 radical (unpaired) electrons. The Morgan fingerprint density at radius 3 is 2.21 bits per heavy atom. The lowest BCUT2D eigenvalue weighted by atomic mass is 10.3. The standard InChI is InChI=1S/C8H9NS.2C2H6/c1-6-9-7-4-2-3-5-8(7)10-6;2*1-2/h2-6,9H,1H3;2*1-2H3. The van der Waals surface area contributed by atoms with Gasteiger partial charge in [-0.25, -0.2) is 0 Å². The summed E-state index contributed by atoms with van der Waals surface area (Å²) in [7, 11) is 0. The van der Waals surface area contributed by atoms with Gasteiger partial charge in [0.1, 0.15) is 0 Å². The summed E-state index contributed by atoms with van der Waals surface area (Å²) < 4.78 is 0. The Morgan fingerprint density at radius 2 is 1.64 bits per heavy atom. The summed E-state index contributed by atoms with van der Waals surface area (Å²) in [6.07, 6.45) is 0. The van der Waals surface area contributed by atoms with E-state index in [2.05, 4.69) is 36.5 Å². The number of anilines is 1. The van der Waals surface area contributed by atoms with Crippen molar-refractivity contribution < 1.29 is 0 Å². The van der Waals surface area contributed by atoms with E-state index in [9.17, 15) is 0 Å². The first-order chi connectivity index (χ1) is 6.86. The minimum atomic E-state index is 0.539. The molecule has 0 fully saturated rings. The maximum absolute atomic E-state index is 3.36. The summed E-state index contributed by atoms with van der Waals surface area (Å²) in [6.45, 7) is 10.2. The van der Waals surface area contributed by atoms with Crippen LogP contribution < -0.4 is 5.32 Å². The van der Waals surface area contributed by atoms with Crippen LogP contribution in [0.4, 0.5) is 5.69 Å². The number of hydrogen-bond donors (Lipinski definition) is 1. The van der Waals surface area contributed by atoms with Gasteiger partial charge in [-0.1, -0.05) is 51.6 Å². The lowest BCUT2D eigenvalue weighted by Gasteiger charge is -1.98. The van der Waals surface area contributed by atoms with E-state index in [1.54, 1.807) is 0 Å². The monoisotopic (exact) mass is 211 g/mol. The molecule has 1 aliphatic rings. The average Bonchev–Trinajstić information content (AvgIpc) is 2.64. The van der Waals surface area contributed by atoms with E-state index in [4.69, 9.17) is 0 Å². The van der Waals surface area contributed by atoms with Gasteiger partial charge in [-0.05, 0) is 19.1 Å². The van der Waals surface area contributed by atoms with Gasteiger partial charge in [-0.2, -0.15) is 0 Å². The van der Waals surface area contributed by atoms with Crippen LogP contribution in [0.2, 0.25) is 0 Å². The van der Waals surface area contributed by atoms with Crippen LogP contribution in [0.25, 0.3) is 0 Å². The first-order valence-electron chi connectivity index (χ1n) is 5.38. The largest absolute Gasteiger partial charge is 0.372 e. The fraction of sp³-hybridized carbons (Fsp3) is 0.500. The lowest BCUT2D eigenvalue weighted by molar-refractivity contribution is 1.15. The summed E-state index contributed by atoms with van der Waals surface area (Å²) in [5, 5.41) is 3.90. The van der Waals surface area contributed by atoms with Gasteiger partial charge in [0.05, 0.1) is 5.37 Å². The van der Waals surface area contributed by atoms with Gasteiger partial charge >= 0.3 is 0 Å². The molecule has 0 bridgehead atoms. The van der Waals surface area contributed by atoms with E-state index in [0.717, 1.165) is 0 Å². The molecule has 2 rings (SSSR count). The molecule has 1 atom stereocenters. The third-order valence-corrected chi connectivity index (χ3v) is 2.63. The fourth-order valence-corrected chi connectivity index (χ4v) is 2.11. The predicted molar refractivity (Wildman–Crippen MR) is 68.1 cm³/mol. The SMILES string of the molecule is CC.CC.CC1Nc2ccccc2S1. The zero-order valence-electron chi connectivity index (χ0n) is 9.79. The van der Waals surface area contributed by atoms with E-state index < -0.39 is 0 Å². The zero-order valence-corrected chi connectivity index (χ0v) is 10.6. The van der Waals surface area contributed by atoms with Crippen LogP contribution in [0.3, 0.4) is 0 Å². The topological polar surface area (TPSA) is 12.0 Å². The molecular formula is C12H21NS. The summed E-state index contributed by atoms with van der Waals surface area (Å²) in [5.74, 6) is 0. The van der Waals surface area contributed by atoms with Crippen LogP contribution in [-0.2, 0) is 0 Å². The molecule has 0 amide bonds. The Hall–Kier alpha value is -0.630. The van der Waals surface area contributed by atoms with Gasteiger partial charge in [0.15, 0.2) is 0 Å². The Morgan fingerprint density at radius 1 is 1.07 bits per heavy atom. The molecule has 0 saturated heterocycles. The Labute approximate surface area is 92.3 Å². The molecule has 80 valence electrons. The van der Waals surface area contributed by atoms with Crippen LogP contribution in [0.15, 0.2) is 29.2 Å². The van der Waals surface area contributed by atoms with E-state index in [1.165, 1.54) is 10.6 Å². The highest BCUT2D eigenvalue weighted by Gasteiger charge is 2.15. The number of rotatable bonds is 0. The normalized spacial score (nSPS) is 16.5. The summed E-state index contributed by atoms with van der Waals surface area (Å²) in [4.78, 5) is 1.37. The van der Waals surface area contributed by atoms with E-state index >= 15 is 0 Å². The van der Waals surface area contributed by atoms with Crippen molar-refractivity contribution in [1.82, 2.24) is 0 Å². The summed E-state index contributed by atoms with van der Waals surface area (Å²) in [5.41, 5.74) is 1.28. The molecule has 1 aromatic rings. The Bertz CT molecular complexity index is 223. The zero-order chi connectivity index (χ0) is 11.0. The van der Waals surface area contributed by atoms with Crippen LogP contribution >= 0.6 is 11.8 Å². The number of nitrogens with one attached hydrogen (secondary N) is 1. The first kappa shape index (κ1) is 13.4. The van der Waals surface area contributed by atoms with Crippen molar-refractivity contribution in [3.05, 3.63) is 24.3 Å². The summed E-state index contributed by atoms with van der Waals surface area (Å²) >= 11 is 1.88. The molecule has 14 heavy (non-hydrogen) atoms. The lowest BCUT2D eigenvalue weighted by Crippen LogP contribution is -2.02. The molecule has 1 unspecified atom stereocenters. The van der Waals surface area contributed by atoms with Gasteiger partial charge in [0, 0.05) is 10.6 Å². The highest BCUT2D eigenvalue weighted by atomic mass is 32.2. The highest BCUT2D eigenvalue weighted by Crippen LogP contribution is 2.37. The minimum Gasteiger partial charge on any atom is -0.372 e. The third-order valence-electron chi connectivity index (χ3n) is 1.55. The second-order valence-corrected chi connectivity index (χ2v) is 3.78. The Balaban J connectivity index is 0.000000379. The van der Waals surface area contributed by atoms with Crippen LogP contribution in [-0.4, -0.2) is 5.37 Å². The van der Waals surface area contributed by atoms with E-state index in [0.29, 0.717) is 5.37 Å². The smallest absolute Gasteiger partial charge is 0.0741 e. The molecular weight excluding hydrogens is 190 g/mol. The molecule has 1 aliphatic heterocycles. The van der Waals surface area contributed by atoms with Crippen molar-refractivity contribution in [2.45, 2.75) is 44.9 Å². The number of thioether (sulfide) groups is 1. The van der Waals surface area contributed by atoms with Crippen molar-refractivity contribution >= 4 is 17.4 Å². The van der Waals surface area contributed by atoms with Crippen molar-refractivity contribution in [2.75, 3.05) is 5.32 Å². The highest BCUT2D eigenvalue weighted by molar-refractivity contribution is 8.00. The van der Waals surface area contributed by atoms with Crippen LogP contribution in [0, 0.1) is 0 Å². The molecule has 1 aromatic carbocycles. The maximum Gasteiger partial charge on any atom is 0.0741 e. The predicted octanol–water partition coefficient (Wildman–Crippen LogP) is 4.60. The molecule has 1 nitrogen and oxygen atoms in total. The van der Waals surface area contributed by atoms with Crippen molar-refractivity contribution in [3.63, 3.8) is 0 Å². The van der Waals surface area contributed by atoms with Crippen LogP contribution in [0.1, 0.15) is 34.6 Å². The molecule has 0 saturated carbocycles. The molecule has 0 spiro atoms. The van der Waals surface area contributed by atoms with Crippen molar-refractivity contribution in [3.8, 4) is 0 Å². The number of benzene rings is 1. The first-order valence-corrected chi connectivity index (χ1v) is 6.26. The third kappa shape index (κ3) is 3.62. The Kier molecular flexibility index (Phi) is 7.40. The van der Waals surface area contributed by atoms with Gasteiger partial charge in [-0.3, -0.25) is 0 Å². The number of para-hydroxylation sites is 1. The van der Waals surface area contributed by atoms with Crippen molar-refractivity contribution in [2.24, 2.45) is 0 Å². The summed E-state index contributed by atoms with van der Waals surface area (Å²) in [6, 6.07) is 8.40. The molecule has 0 aromatic heterocycles. The minimum absolute atomic E-state index is 0.539. The quantitative estimate of drug-likeness (QED) is 0.673. The number of fused-ring (bicyclic) bond motifs is 1. The number of hydrogen-bond acceptors (Lipinski definition) is 2. The maximum atomic E-state index is 3.36. The van der Waals surface area contributed by atoms with Gasteiger partial charge in [0.25, 0.3) is 0 Å². The molecule has 1 N–H and O–H groups in total. The van der Waals surface area contributed by atoms with Gasteiger partial charge < -0.3 is 5.32 Å². The molecule has 2 heteroatoms. The second kappa shape index (κ2) is 7.74. The second-order valence-electron chi connectivity index (χ2n) is 2.40. The van der Waals surface area contributed by atoms with Crippen molar-refractivity contribution in [1.29, 1.82) is 0 Å². The van der Waals surface area contributed by atoms with Gasteiger partial charge in [0.2, 0.25) is 0 Å². The van der Waals surface area contributed by atoms with E-state index in [1.807, 2.05) is 39.5 Å². The molecule has 1 heterocycles. The fourth-order valence-electron chi connectivity index (χ4n) is 1.13.